The zero-order chi connectivity index (χ0) is 16.5. The predicted molar refractivity (Wildman–Crippen MR) is 92.8 cm³/mol. The van der Waals surface area contributed by atoms with Gasteiger partial charge in [-0.25, -0.2) is 4.68 Å². The molecule has 1 aromatic heterocycles. The maximum Gasteiger partial charge on any atom is 0.277 e. The quantitative estimate of drug-likeness (QED) is 0.792. The molecule has 0 saturated carbocycles. The third kappa shape index (κ3) is 2.90. The first kappa shape index (κ1) is 14.9. The fourth-order valence-corrected chi connectivity index (χ4v) is 3.14. The number of anilines is 1. The molecular formula is C18H15ClN4O. The number of carbonyl (C=O) groups excluding carboxylic acids is 1. The first-order chi connectivity index (χ1) is 11.7. The van der Waals surface area contributed by atoms with Crippen molar-refractivity contribution >= 4 is 23.2 Å². The number of amides is 1. The normalized spacial score (nSPS) is 12.9. The largest absolute Gasteiger partial charge is 0.321 e. The van der Waals surface area contributed by atoms with Crippen molar-refractivity contribution in [2.75, 3.05) is 5.32 Å². The molecule has 0 fully saturated rings. The second kappa shape index (κ2) is 6.09. The van der Waals surface area contributed by atoms with Crippen molar-refractivity contribution in [3.63, 3.8) is 0 Å². The van der Waals surface area contributed by atoms with Gasteiger partial charge in [-0.3, -0.25) is 4.79 Å². The summed E-state index contributed by atoms with van der Waals surface area (Å²) in [5.74, 6) is -0.277. The first-order valence-corrected chi connectivity index (χ1v) is 8.18. The summed E-state index contributed by atoms with van der Waals surface area (Å²) in [4.78, 5) is 12.4. The second-order valence-electron chi connectivity index (χ2n) is 5.82. The lowest BCUT2D eigenvalue weighted by atomic mass is 10.1. The van der Waals surface area contributed by atoms with Crippen LogP contribution in [0.3, 0.4) is 0 Å². The summed E-state index contributed by atoms with van der Waals surface area (Å²) in [6, 6.07) is 13.3. The minimum Gasteiger partial charge on any atom is -0.321 e. The maximum absolute atomic E-state index is 12.4. The van der Waals surface area contributed by atoms with E-state index in [0.717, 1.165) is 24.2 Å². The van der Waals surface area contributed by atoms with Crippen LogP contribution in [0, 0.1) is 0 Å². The average molecular weight is 339 g/mol. The average Bonchev–Trinajstić information content (AvgIpc) is 3.24. The highest BCUT2D eigenvalue weighted by Crippen LogP contribution is 2.25. The Morgan fingerprint density at radius 1 is 1.12 bits per heavy atom. The molecule has 3 aromatic rings. The van der Waals surface area contributed by atoms with Crippen LogP contribution < -0.4 is 5.32 Å². The summed E-state index contributed by atoms with van der Waals surface area (Å²) in [5.41, 5.74) is 4.50. The Hall–Kier alpha value is -2.66. The van der Waals surface area contributed by atoms with E-state index in [4.69, 9.17) is 11.6 Å². The van der Waals surface area contributed by atoms with Gasteiger partial charge in [-0.1, -0.05) is 28.9 Å². The Kier molecular flexibility index (Phi) is 3.78. The third-order valence-electron chi connectivity index (χ3n) is 4.16. The van der Waals surface area contributed by atoms with Gasteiger partial charge in [0.15, 0.2) is 5.69 Å². The summed E-state index contributed by atoms with van der Waals surface area (Å²) >= 11 is 5.98. The van der Waals surface area contributed by atoms with Crippen LogP contribution >= 0.6 is 11.6 Å². The summed E-state index contributed by atoms with van der Waals surface area (Å²) in [6.07, 6.45) is 4.97. The van der Waals surface area contributed by atoms with Gasteiger partial charge >= 0.3 is 0 Å². The zero-order valence-electron chi connectivity index (χ0n) is 12.9. The minimum absolute atomic E-state index is 0.260. The van der Waals surface area contributed by atoms with Crippen LogP contribution in [0.1, 0.15) is 28.0 Å². The van der Waals surface area contributed by atoms with E-state index in [9.17, 15) is 4.79 Å². The minimum atomic E-state index is -0.277. The summed E-state index contributed by atoms with van der Waals surface area (Å²) in [6.45, 7) is 0. The number of hydrogen-bond acceptors (Lipinski definition) is 3. The molecule has 0 saturated heterocycles. The van der Waals surface area contributed by atoms with E-state index >= 15 is 0 Å². The maximum atomic E-state index is 12.4. The topological polar surface area (TPSA) is 59.8 Å². The summed E-state index contributed by atoms with van der Waals surface area (Å²) in [7, 11) is 0. The van der Waals surface area contributed by atoms with E-state index < -0.39 is 0 Å². The molecule has 0 radical (unpaired) electrons. The van der Waals surface area contributed by atoms with E-state index in [0.29, 0.717) is 5.02 Å². The Bertz CT molecular complexity index is 919. The highest BCUT2D eigenvalue weighted by Gasteiger charge is 2.15. The fourth-order valence-electron chi connectivity index (χ4n) is 2.96. The number of rotatable bonds is 3. The van der Waals surface area contributed by atoms with Crippen LogP contribution in [0.5, 0.6) is 0 Å². The zero-order valence-corrected chi connectivity index (χ0v) is 13.6. The SMILES string of the molecule is O=C(Nc1ccc2c(c1)CCC2)c1cn(-c2cccc(Cl)c2)nn1. The van der Waals surface area contributed by atoms with E-state index in [1.807, 2.05) is 24.3 Å². The highest BCUT2D eigenvalue weighted by molar-refractivity contribution is 6.30. The Balaban J connectivity index is 1.53. The van der Waals surface area contributed by atoms with Crippen LogP contribution in [0.15, 0.2) is 48.7 Å². The van der Waals surface area contributed by atoms with Crippen LogP contribution in [0.2, 0.25) is 5.02 Å². The van der Waals surface area contributed by atoms with Crippen LogP contribution in [-0.4, -0.2) is 20.9 Å². The number of benzene rings is 2. The Morgan fingerprint density at radius 3 is 2.88 bits per heavy atom. The smallest absolute Gasteiger partial charge is 0.277 e. The molecule has 0 atom stereocenters. The van der Waals surface area contributed by atoms with Gasteiger partial charge in [0.1, 0.15) is 0 Å². The molecule has 6 heteroatoms. The van der Waals surface area contributed by atoms with Gasteiger partial charge in [0, 0.05) is 10.7 Å². The van der Waals surface area contributed by atoms with Gasteiger partial charge in [-0.15, -0.1) is 5.10 Å². The van der Waals surface area contributed by atoms with Crippen molar-refractivity contribution in [3.05, 3.63) is 70.5 Å². The van der Waals surface area contributed by atoms with Gasteiger partial charge in [-0.2, -0.15) is 0 Å². The van der Waals surface area contributed by atoms with Gasteiger partial charge in [0.05, 0.1) is 11.9 Å². The van der Waals surface area contributed by atoms with E-state index in [1.165, 1.54) is 22.2 Å². The Labute approximate surface area is 144 Å². The summed E-state index contributed by atoms with van der Waals surface area (Å²) in [5, 5.41) is 11.4. The van der Waals surface area contributed by atoms with E-state index in [1.54, 1.807) is 18.3 Å². The second-order valence-corrected chi connectivity index (χ2v) is 6.26. The number of nitrogens with one attached hydrogen (secondary N) is 1. The number of carbonyl (C=O) groups is 1. The van der Waals surface area contributed by atoms with Crippen molar-refractivity contribution < 1.29 is 4.79 Å². The molecule has 0 unspecified atom stereocenters. The van der Waals surface area contributed by atoms with Gasteiger partial charge < -0.3 is 5.32 Å². The molecule has 4 rings (SSSR count). The molecule has 1 N–H and O–H groups in total. The number of aromatic nitrogens is 3. The fraction of sp³-hybridized carbons (Fsp3) is 0.167. The predicted octanol–water partition coefficient (Wildman–Crippen LogP) is 3.66. The third-order valence-corrected chi connectivity index (χ3v) is 4.39. The van der Waals surface area contributed by atoms with Gasteiger partial charge in [-0.05, 0) is 60.7 Å². The molecule has 1 aliphatic carbocycles. The molecule has 120 valence electrons. The lowest BCUT2D eigenvalue weighted by molar-refractivity contribution is 0.102. The van der Waals surface area contributed by atoms with Gasteiger partial charge in [0.2, 0.25) is 0 Å². The molecular weight excluding hydrogens is 324 g/mol. The lowest BCUT2D eigenvalue weighted by Gasteiger charge is -2.05. The molecule has 1 amide bonds. The van der Waals surface area contributed by atoms with E-state index in [-0.39, 0.29) is 11.6 Å². The van der Waals surface area contributed by atoms with Crippen molar-refractivity contribution in [3.8, 4) is 5.69 Å². The molecule has 0 aliphatic heterocycles. The highest BCUT2D eigenvalue weighted by atomic mass is 35.5. The number of fused-ring (bicyclic) bond motifs is 1. The first-order valence-electron chi connectivity index (χ1n) is 7.80. The van der Waals surface area contributed by atoms with Crippen LogP contribution in [0.4, 0.5) is 5.69 Å². The van der Waals surface area contributed by atoms with Crippen molar-refractivity contribution in [1.29, 1.82) is 0 Å². The van der Waals surface area contributed by atoms with Gasteiger partial charge in [0.25, 0.3) is 5.91 Å². The molecule has 1 aliphatic rings. The molecule has 0 bridgehead atoms. The monoisotopic (exact) mass is 338 g/mol. The molecule has 24 heavy (non-hydrogen) atoms. The summed E-state index contributed by atoms with van der Waals surface area (Å²) < 4.78 is 1.53. The van der Waals surface area contributed by atoms with Crippen LogP contribution in [-0.2, 0) is 12.8 Å². The number of hydrogen-bond donors (Lipinski definition) is 1. The molecule has 1 heterocycles. The van der Waals surface area contributed by atoms with Crippen LogP contribution in [0.25, 0.3) is 5.69 Å². The lowest BCUT2D eigenvalue weighted by Crippen LogP contribution is -2.12. The van der Waals surface area contributed by atoms with Crippen molar-refractivity contribution in [1.82, 2.24) is 15.0 Å². The standard InChI is InChI=1S/C18H15ClN4O/c19-14-5-2-6-16(10-14)23-11-17(21-22-23)18(24)20-15-8-7-12-3-1-4-13(12)9-15/h2,5-11H,1,3-4H2,(H,20,24). The van der Waals surface area contributed by atoms with Crippen molar-refractivity contribution in [2.24, 2.45) is 0 Å². The number of halogens is 1. The number of nitrogens with zero attached hydrogens (tertiary/aromatic N) is 3. The van der Waals surface area contributed by atoms with Crippen molar-refractivity contribution in [2.45, 2.75) is 19.3 Å². The number of aryl methyl sites for hydroxylation is 2. The molecule has 2 aromatic carbocycles. The molecule has 0 spiro atoms. The Morgan fingerprint density at radius 2 is 2.00 bits per heavy atom. The van der Waals surface area contributed by atoms with E-state index in [2.05, 4.69) is 21.7 Å². The molecule has 5 nitrogen and oxygen atoms in total.